The maximum atomic E-state index is 14.9. The molecule has 1 aromatic heterocycles. The van der Waals surface area contributed by atoms with Crippen LogP contribution < -0.4 is 11.1 Å². The normalized spacial score (nSPS) is 23.7. The molecule has 2 aliphatic rings. The maximum Gasteiger partial charge on any atom is 0.274 e. The van der Waals surface area contributed by atoms with Gasteiger partial charge < -0.3 is 11.1 Å². The van der Waals surface area contributed by atoms with Gasteiger partial charge >= 0.3 is 0 Å². The number of nitrogens with two attached hydrogens (primary N) is 1. The van der Waals surface area contributed by atoms with Gasteiger partial charge in [-0.1, -0.05) is 0 Å². The average molecular weight is 435 g/mol. The fourth-order valence-electron chi connectivity index (χ4n) is 3.88. The van der Waals surface area contributed by atoms with Crippen LogP contribution in [0.25, 0.3) is 0 Å². The van der Waals surface area contributed by atoms with Crippen molar-refractivity contribution in [3.8, 4) is 0 Å². The third-order valence-electron chi connectivity index (χ3n) is 5.82. The molecule has 30 heavy (non-hydrogen) atoms. The summed E-state index contributed by atoms with van der Waals surface area (Å²) in [7, 11) is -2.54. The molecule has 0 saturated heterocycles. The van der Waals surface area contributed by atoms with Crippen LogP contribution in [-0.4, -0.2) is 41.4 Å². The lowest BCUT2D eigenvalue weighted by Crippen LogP contribution is -2.58. The van der Waals surface area contributed by atoms with E-state index in [9.17, 15) is 22.0 Å². The van der Waals surface area contributed by atoms with Crippen LogP contribution >= 0.6 is 0 Å². The molecule has 1 atom stereocenters. The molecule has 1 fully saturated rings. The van der Waals surface area contributed by atoms with Crippen molar-refractivity contribution in [2.75, 3.05) is 12.4 Å². The lowest BCUT2D eigenvalue weighted by atomic mass is 9.86. The molecule has 4 rings (SSSR count). The Bertz CT molecular complexity index is 1180. The van der Waals surface area contributed by atoms with Crippen LogP contribution in [0.2, 0.25) is 0 Å². The van der Waals surface area contributed by atoms with Gasteiger partial charge in [-0.2, -0.15) is 0 Å². The molecule has 0 unspecified atom stereocenters. The number of aliphatic imine (C=N–C) groups is 1. The van der Waals surface area contributed by atoms with Crippen LogP contribution in [-0.2, 0) is 15.6 Å². The van der Waals surface area contributed by atoms with Gasteiger partial charge in [0.25, 0.3) is 5.91 Å². The van der Waals surface area contributed by atoms with Gasteiger partial charge in [0.05, 0.1) is 6.20 Å². The predicted molar refractivity (Wildman–Crippen MR) is 106 cm³/mol. The number of nitrogens with one attached hydrogen (secondary N) is 1. The van der Waals surface area contributed by atoms with Gasteiger partial charge in [-0.15, -0.1) is 0 Å². The Morgan fingerprint density at radius 3 is 2.53 bits per heavy atom. The average Bonchev–Trinajstić information content (AvgIpc) is 3.51. The highest BCUT2D eigenvalue weighted by atomic mass is 32.2. The van der Waals surface area contributed by atoms with E-state index in [1.165, 1.54) is 32.2 Å². The van der Waals surface area contributed by atoms with E-state index in [4.69, 9.17) is 5.73 Å². The molecule has 1 saturated carbocycles. The Hall–Kier alpha value is -3.08. The highest BCUT2D eigenvalue weighted by Crippen LogP contribution is 2.60. The number of carbonyl (C=O) groups is 1. The summed E-state index contributed by atoms with van der Waals surface area (Å²) in [6.07, 6.45) is 1.52. The lowest BCUT2D eigenvalue weighted by Gasteiger charge is -2.42. The van der Waals surface area contributed by atoms with E-state index in [1.54, 1.807) is 0 Å². The van der Waals surface area contributed by atoms with E-state index in [2.05, 4.69) is 15.3 Å². The third-order valence-corrected chi connectivity index (χ3v) is 8.52. The first-order valence-electron chi connectivity index (χ1n) is 9.09. The van der Waals surface area contributed by atoms with Gasteiger partial charge in [0.2, 0.25) is 16.0 Å². The fourth-order valence-corrected chi connectivity index (χ4v) is 5.97. The first-order chi connectivity index (χ1) is 14.0. The summed E-state index contributed by atoms with van der Waals surface area (Å²) in [6.45, 7) is 1.53. The number of rotatable bonds is 3. The molecule has 1 aromatic carbocycles. The molecule has 1 aliphatic heterocycles. The summed E-state index contributed by atoms with van der Waals surface area (Å²) < 4.78 is 53.5. The Kier molecular flexibility index (Phi) is 4.35. The first-order valence-corrected chi connectivity index (χ1v) is 10.5. The SMILES string of the molecule is CN1C(N)=N[C@](C)(c2cc(NC(=O)c3ccc(F)cn3)ccc2F)C2(CC2)S1(=O)=O. The molecule has 0 radical (unpaired) electrons. The van der Waals surface area contributed by atoms with Gasteiger partial charge in [-0.05, 0) is 50.1 Å². The second kappa shape index (κ2) is 6.46. The Morgan fingerprint density at radius 2 is 1.93 bits per heavy atom. The van der Waals surface area contributed by atoms with Gasteiger partial charge in [0.1, 0.15) is 27.6 Å². The highest BCUT2D eigenvalue weighted by molar-refractivity contribution is 7.91. The summed E-state index contributed by atoms with van der Waals surface area (Å²) >= 11 is 0. The van der Waals surface area contributed by atoms with Gasteiger partial charge in [-0.25, -0.2) is 31.5 Å². The molecule has 158 valence electrons. The van der Waals surface area contributed by atoms with Crippen LogP contribution in [0.3, 0.4) is 0 Å². The van der Waals surface area contributed by atoms with E-state index < -0.39 is 37.9 Å². The minimum absolute atomic E-state index is 0.00416. The van der Waals surface area contributed by atoms with Crippen LogP contribution in [0, 0.1) is 11.6 Å². The zero-order valence-electron chi connectivity index (χ0n) is 16.2. The lowest BCUT2D eigenvalue weighted by molar-refractivity contribution is 0.102. The van der Waals surface area contributed by atoms with Crippen molar-refractivity contribution < 1.29 is 22.0 Å². The fraction of sp³-hybridized carbons (Fsp3) is 0.316. The molecule has 11 heteroatoms. The van der Waals surface area contributed by atoms with Crippen molar-refractivity contribution in [2.45, 2.75) is 30.1 Å². The molecule has 2 aromatic rings. The maximum absolute atomic E-state index is 14.9. The summed E-state index contributed by atoms with van der Waals surface area (Å²) in [5, 5.41) is 2.56. The van der Waals surface area contributed by atoms with Crippen molar-refractivity contribution in [2.24, 2.45) is 10.7 Å². The third kappa shape index (κ3) is 2.76. The minimum atomic E-state index is -3.86. The van der Waals surface area contributed by atoms with E-state index in [0.29, 0.717) is 12.8 Å². The number of amides is 1. The first kappa shape index (κ1) is 20.2. The highest BCUT2D eigenvalue weighted by Gasteiger charge is 2.70. The number of halogens is 2. The molecule has 1 amide bonds. The number of pyridine rings is 1. The van der Waals surface area contributed by atoms with E-state index in [1.807, 2.05) is 0 Å². The van der Waals surface area contributed by atoms with Crippen molar-refractivity contribution in [3.05, 3.63) is 59.4 Å². The van der Waals surface area contributed by atoms with E-state index in [0.717, 1.165) is 22.6 Å². The molecule has 0 bridgehead atoms. The quantitative estimate of drug-likeness (QED) is 0.764. The van der Waals surface area contributed by atoms with Crippen LogP contribution in [0.15, 0.2) is 41.5 Å². The largest absolute Gasteiger partial charge is 0.369 e. The summed E-state index contributed by atoms with van der Waals surface area (Å²) in [4.78, 5) is 20.4. The zero-order chi connectivity index (χ0) is 21.9. The topological polar surface area (TPSA) is 118 Å². The number of anilines is 1. The molecule has 1 aliphatic carbocycles. The molecule has 3 N–H and O–H groups in total. The molecule has 1 spiro atoms. The van der Waals surface area contributed by atoms with Gasteiger partial charge in [0, 0.05) is 18.3 Å². The predicted octanol–water partition coefficient (Wildman–Crippen LogP) is 1.95. The van der Waals surface area contributed by atoms with E-state index >= 15 is 0 Å². The van der Waals surface area contributed by atoms with Gasteiger partial charge in [-0.3, -0.25) is 4.79 Å². The number of guanidine groups is 1. The number of benzene rings is 1. The Labute approximate surface area is 171 Å². The number of aromatic nitrogens is 1. The van der Waals surface area contributed by atoms with Crippen molar-refractivity contribution >= 4 is 27.6 Å². The summed E-state index contributed by atoms with van der Waals surface area (Å²) in [5.41, 5.74) is 4.55. The summed E-state index contributed by atoms with van der Waals surface area (Å²) in [6, 6.07) is 6.11. The molecule has 2 heterocycles. The number of nitrogens with zero attached hydrogens (tertiary/aromatic N) is 3. The number of hydrogen-bond acceptors (Lipinski definition) is 6. The Balaban J connectivity index is 1.75. The number of hydrogen-bond donors (Lipinski definition) is 2. The van der Waals surface area contributed by atoms with Crippen molar-refractivity contribution in [1.82, 2.24) is 9.29 Å². The second-order valence-corrected chi connectivity index (χ2v) is 9.80. The zero-order valence-corrected chi connectivity index (χ0v) is 17.0. The minimum Gasteiger partial charge on any atom is -0.369 e. The van der Waals surface area contributed by atoms with Crippen LogP contribution in [0.5, 0.6) is 0 Å². The second-order valence-electron chi connectivity index (χ2n) is 7.52. The van der Waals surface area contributed by atoms with Crippen molar-refractivity contribution in [1.29, 1.82) is 0 Å². The van der Waals surface area contributed by atoms with Crippen LogP contribution in [0.4, 0.5) is 14.5 Å². The van der Waals surface area contributed by atoms with Crippen molar-refractivity contribution in [3.63, 3.8) is 0 Å². The number of sulfonamides is 1. The van der Waals surface area contributed by atoms with Crippen LogP contribution in [0.1, 0.15) is 35.8 Å². The number of carbonyl (C=O) groups excluding carboxylic acids is 1. The standard InChI is InChI=1S/C19H19F2N5O3S/c1-18(19(7-8-19)30(28,29)26(2)17(22)25-18)13-9-12(4-5-14(13)21)24-16(27)15-6-3-11(20)10-23-15/h3-6,9-10H,7-8H2,1-2H3,(H2,22,25)(H,24,27)/t18-/m1/s1. The molecule has 8 nitrogen and oxygen atoms in total. The van der Waals surface area contributed by atoms with Gasteiger partial charge in [0.15, 0.2) is 0 Å². The molecular weight excluding hydrogens is 416 g/mol. The monoisotopic (exact) mass is 435 g/mol. The summed E-state index contributed by atoms with van der Waals surface area (Å²) in [5.74, 6) is -2.12. The smallest absolute Gasteiger partial charge is 0.274 e. The Morgan fingerprint density at radius 1 is 1.23 bits per heavy atom. The molecular formula is C19H19F2N5O3S. The van der Waals surface area contributed by atoms with E-state index in [-0.39, 0.29) is 22.9 Å².